The fourth-order valence-corrected chi connectivity index (χ4v) is 2.10. The minimum atomic E-state index is 0.0645. The molecule has 0 N–H and O–H groups in total. The van der Waals surface area contributed by atoms with Crippen molar-refractivity contribution in [1.82, 2.24) is 0 Å². The van der Waals surface area contributed by atoms with E-state index in [4.69, 9.17) is 14.2 Å². The molecule has 1 atom stereocenters. The van der Waals surface area contributed by atoms with Gasteiger partial charge in [0.25, 0.3) is 0 Å². The number of hydrogen-bond acceptors (Lipinski definition) is 4. The molecule has 0 radical (unpaired) electrons. The Labute approximate surface area is 107 Å². The average Bonchev–Trinajstić information content (AvgIpc) is 2.90. The van der Waals surface area contributed by atoms with Crippen LogP contribution in [0.2, 0.25) is 0 Å². The van der Waals surface area contributed by atoms with E-state index in [1.165, 1.54) is 0 Å². The average molecular weight is 250 g/mol. The van der Waals surface area contributed by atoms with E-state index < -0.39 is 0 Å². The van der Waals surface area contributed by atoms with Gasteiger partial charge in [0.2, 0.25) is 0 Å². The fraction of sp³-hybridized carbons (Fsp3) is 0.500. The van der Waals surface area contributed by atoms with Gasteiger partial charge in [-0.05, 0) is 25.0 Å². The Morgan fingerprint density at radius 1 is 1.28 bits per heavy atom. The van der Waals surface area contributed by atoms with E-state index in [2.05, 4.69) is 0 Å². The van der Waals surface area contributed by atoms with Crippen molar-refractivity contribution >= 4 is 5.78 Å². The first kappa shape index (κ1) is 12.9. The molecule has 1 heterocycles. The summed E-state index contributed by atoms with van der Waals surface area (Å²) in [5.74, 6) is 1.33. The number of hydrogen-bond donors (Lipinski definition) is 0. The first-order chi connectivity index (χ1) is 8.72. The zero-order valence-electron chi connectivity index (χ0n) is 10.8. The number of Topliss-reactive ketones (excluding diaryl/α,β-unsaturated/α-hetero) is 1. The molecule has 1 unspecified atom stereocenters. The number of ether oxygens (including phenoxy) is 3. The van der Waals surface area contributed by atoms with Crippen LogP contribution < -0.4 is 9.47 Å². The van der Waals surface area contributed by atoms with Gasteiger partial charge in [-0.25, -0.2) is 0 Å². The first-order valence-corrected chi connectivity index (χ1v) is 6.11. The number of rotatable bonds is 5. The predicted octanol–water partition coefficient (Wildman–Crippen LogP) is 2.46. The second kappa shape index (κ2) is 5.87. The van der Waals surface area contributed by atoms with Crippen molar-refractivity contribution in [2.45, 2.75) is 25.4 Å². The second-order valence-electron chi connectivity index (χ2n) is 4.36. The number of benzene rings is 1. The molecule has 1 saturated heterocycles. The summed E-state index contributed by atoms with van der Waals surface area (Å²) in [6.07, 6.45) is 2.50. The Bertz CT molecular complexity index is 400. The summed E-state index contributed by atoms with van der Waals surface area (Å²) < 4.78 is 15.8. The zero-order valence-corrected chi connectivity index (χ0v) is 10.8. The third-order valence-corrected chi connectivity index (χ3v) is 3.11. The van der Waals surface area contributed by atoms with Gasteiger partial charge in [0, 0.05) is 24.7 Å². The van der Waals surface area contributed by atoms with Crippen LogP contribution in [0.4, 0.5) is 0 Å². The standard InChI is InChI=1S/C14H18O4/c1-16-12-6-10(7-13(8-12)17-2)14(15)9-11-4-3-5-18-11/h6-8,11H,3-5,9H2,1-2H3. The lowest BCUT2D eigenvalue weighted by molar-refractivity contribution is 0.0775. The van der Waals surface area contributed by atoms with Crippen LogP contribution in [0.1, 0.15) is 29.6 Å². The molecule has 0 saturated carbocycles. The zero-order chi connectivity index (χ0) is 13.0. The lowest BCUT2D eigenvalue weighted by Gasteiger charge is -2.10. The van der Waals surface area contributed by atoms with Crippen molar-refractivity contribution in [3.05, 3.63) is 23.8 Å². The predicted molar refractivity (Wildman–Crippen MR) is 67.5 cm³/mol. The van der Waals surface area contributed by atoms with Gasteiger partial charge >= 0.3 is 0 Å². The Kier molecular flexibility index (Phi) is 4.20. The molecule has 4 heteroatoms. The van der Waals surface area contributed by atoms with Crippen LogP contribution in [0.25, 0.3) is 0 Å². The molecule has 1 aliphatic rings. The summed E-state index contributed by atoms with van der Waals surface area (Å²) in [5, 5.41) is 0. The van der Waals surface area contributed by atoms with E-state index in [1.54, 1.807) is 32.4 Å². The molecule has 0 amide bonds. The van der Waals surface area contributed by atoms with Crippen LogP contribution in [0.5, 0.6) is 11.5 Å². The molecule has 0 bridgehead atoms. The quantitative estimate of drug-likeness (QED) is 0.753. The molecule has 0 aliphatic carbocycles. The van der Waals surface area contributed by atoms with E-state index in [1.807, 2.05) is 0 Å². The van der Waals surface area contributed by atoms with E-state index >= 15 is 0 Å². The van der Waals surface area contributed by atoms with Crippen LogP contribution in [0.3, 0.4) is 0 Å². The van der Waals surface area contributed by atoms with Gasteiger partial charge in [0.1, 0.15) is 11.5 Å². The molecule has 0 spiro atoms. The van der Waals surface area contributed by atoms with Crippen LogP contribution in [0.15, 0.2) is 18.2 Å². The summed E-state index contributed by atoms with van der Waals surface area (Å²) >= 11 is 0. The molecule has 98 valence electrons. The topological polar surface area (TPSA) is 44.8 Å². The van der Waals surface area contributed by atoms with Gasteiger partial charge in [0.15, 0.2) is 5.78 Å². The summed E-state index contributed by atoms with van der Waals surface area (Å²) in [7, 11) is 3.15. The van der Waals surface area contributed by atoms with E-state index in [-0.39, 0.29) is 11.9 Å². The monoisotopic (exact) mass is 250 g/mol. The van der Waals surface area contributed by atoms with Gasteiger partial charge < -0.3 is 14.2 Å². The summed E-state index contributed by atoms with van der Waals surface area (Å²) in [5.41, 5.74) is 0.613. The Morgan fingerprint density at radius 3 is 2.44 bits per heavy atom. The summed E-state index contributed by atoms with van der Waals surface area (Å²) in [4.78, 5) is 12.1. The van der Waals surface area contributed by atoms with E-state index in [0.717, 1.165) is 19.4 Å². The highest BCUT2D eigenvalue weighted by molar-refractivity contribution is 5.97. The van der Waals surface area contributed by atoms with Gasteiger partial charge in [-0.3, -0.25) is 4.79 Å². The van der Waals surface area contributed by atoms with Gasteiger partial charge in [-0.15, -0.1) is 0 Å². The van der Waals surface area contributed by atoms with Crippen molar-refractivity contribution in [2.75, 3.05) is 20.8 Å². The van der Waals surface area contributed by atoms with Crippen molar-refractivity contribution in [3.63, 3.8) is 0 Å². The molecule has 1 aliphatic heterocycles. The molecule has 1 fully saturated rings. The Hall–Kier alpha value is -1.55. The maximum atomic E-state index is 12.1. The Balaban J connectivity index is 2.12. The van der Waals surface area contributed by atoms with E-state index in [0.29, 0.717) is 23.5 Å². The number of carbonyl (C=O) groups is 1. The minimum absolute atomic E-state index is 0.0645. The van der Waals surface area contributed by atoms with Crippen LogP contribution in [-0.4, -0.2) is 32.7 Å². The Morgan fingerprint density at radius 2 is 1.94 bits per heavy atom. The normalized spacial score (nSPS) is 18.7. The van der Waals surface area contributed by atoms with Crippen molar-refractivity contribution in [2.24, 2.45) is 0 Å². The molecule has 18 heavy (non-hydrogen) atoms. The molecule has 1 aromatic rings. The molecular weight excluding hydrogens is 232 g/mol. The van der Waals surface area contributed by atoms with Crippen LogP contribution in [-0.2, 0) is 4.74 Å². The fourth-order valence-electron chi connectivity index (χ4n) is 2.10. The maximum Gasteiger partial charge on any atom is 0.165 e. The number of ketones is 1. The highest BCUT2D eigenvalue weighted by Gasteiger charge is 2.20. The SMILES string of the molecule is COc1cc(OC)cc(C(=O)CC2CCCO2)c1. The first-order valence-electron chi connectivity index (χ1n) is 6.11. The minimum Gasteiger partial charge on any atom is -0.497 e. The van der Waals surface area contributed by atoms with Crippen molar-refractivity contribution < 1.29 is 19.0 Å². The van der Waals surface area contributed by atoms with Gasteiger partial charge in [0.05, 0.1) is 20.3 Å². The smallest absolute Gasteiger partial charge is 0.165 e. The number of carbonyl (C=O) groups excluding carboxylic acids is 1. The third-order valence-electron chi connectivity index (χ3n) is 3.11. The van der Waals surface area contributed by atoms with E-state index in [9.17, 15) is 4.79 Å². The summed E-state index contributed by atoms with van der Waals surface area (Å²) in [6.45, 7) is 0.763. The molecule has 1 aromatic carbocycles. The molecule has 0 aromatic heterocycles. The molecular formula is C14H18O4. The third kappa shape index (κ3) is 3.01. The van der Waals surface area contributed by atoms with Crippen molar-refractivity contribution in [3.8, 4) is 11.5 Å². The van der Waals surface area contributed by atoms with Gasteiger partial charge in [-0.1, -0.05) is 0 Å². The van der Waals surface area contributed by atoms with Gasteiger partial charge in [-0.2, -0.15) is 0 Å². The highest BCUT2D eigenvalue weighted by atomic mass is 16.5. The van der Waals surface area contributed by atoms with Crippen LogP contribution >= 0.6 is 0 Å². The van der Waals surface area contributed by atoms with Crippen molar-refractivity contribution in [1.29, 1.82) is 0 Å². The lowest BCUT2D eigenvalue weighted by atomic mass is 10.0. The molecule has 2 rings (SSSR count). The maximum absolute atomic E-state index is 12.1. The second-order valence-corrected chi connectivity index (χ2v) is 4.36. The molecule has 4 nitrogen and oxygen atoms in total. The lowest BCUT2D eigenvalue weighted by Crippen LogP contribution is -2.12. The van der Waals surface area contributed by atoms with Crippen LogP contribution in [0, 0.1) is 0 Å². The summed E-state index contributed by atoms with van der Waals surface area (Å²) in [6, 6.07) is 5.22. The largest absolute Gasteiger partial charge is 0.497 e. The highest BCUT2D eigenvalue weighted by Crippen LogP contribution is 2.25. The number of methoxy groups -OCH3 is 2.